The fourth-order valence-corrected chi connectivity index (χ4v) is 2.37. The van der Waals surface area contributed by atoms with Gasteiger partial charge >= 0.3 is 5.97 Å². The number of carbonyl (C=O) groups excluding carboxylic acids is 1. The fourth-order valence-electron chi connectivity index (χ4n) is 1.91. The Morgan fingerprint density at radius 3 is 2.36 bits per heavy atom. The highest BCUT2D eigenvalue weighted by Crippen LogP contribution is 2.28. The Labute approximate surface area is 139 Å². The molecule has 0 heterocycles. The minimum atomic E-state index is -0.792. The van der Waals surface area contributed by atoms with Crippen molar-refractivity contribution in [1.82, 2.24) is 0 Å². The summed E-state index contributed by atoms with van der Waals surface area (Å²) in [5.41, 5.74) is 2.00. The zero-order valence-corrected chi connectivity index (χ0v) is 14.0. The predicted octanol–water partition coefficient (Wildman–Crippen LogP) is 4.98. The van der Waals surface area contributed by atoms with E-state index in [1.807, 2.05) is 26.0 Å². The van der Waals surface area contributed by atoms with E-state index >= 15 is 0 Å². The average molecular weight is 339 g/mol. The summed E-state index contributed by atoms with van der Waals surface area (Å²) >= 11 is 11.8. The monoisotopic (exact) mass is 338 g/mol. The number of carbonyl (C=O) groups is 1. The van der Waals surface area contributed by atoms with Gasteiger partial charge in [-0.05, 0) is 50.6 Å². The predicted molar refractivity (Wildman–Crippen MR) is 88.1 cm³/mol. The van der Waals surface area contributed by atoms with Crippen LogP contribution in [0.3, 0.4) is 0 Å². The molecular weight excluding hydrogens is 323 g/mol. The number of rotatable bonds is 4. The molecule has 22 heavy (non-hydrogen) atoms. The number of halogens is 2. The van der Waals surface area contributed by atoms with Gasteiger partial charge in [-0.15, -0.1) is 0 Å². The van der Waals surface area contributed by atoms with Crippen molar-refractivity contribution in [2.24, 2.45) is 0 Å². The van der Waals surface area contributed by atoms with Gasteiger partial charge in [-0.2, -0.15) is 0 Å². The maximum Gasteiger partial charge on any atom is 0.352 e. The van der Waals surface area contributed by atoms with E-state index in [2.05, 4.69) is 0 Å². The Kier molecular flexibility index (Phi) is 5.33. The SMILES string of the molecule is Cc1ccc(OC(=O)[C@@H](C)Oc2ccc(Cl)cc2Cl)c(C)c1. The van der Waals surface area contributed by atoms with Crippen LogP contribution < -0.4 is 9.47 Å². The molecule has 0 amide bonds. The summed E-state index contributed by atoms with van der Waals surface area (Å²) in [5, 5.41) is 0.849. The number of esters is 1. The minimum absolute atomic E-state index is 0.346. The molecule has 5 heteroatoms. The number of aryl methyl sites for hydroxylation is 2. The van der Waals surface area contributed by atoms with E-state index in [-0.39, 0.29) is 0 Å². The Hall–Kier alpha value is -1.71. The van der Waals surface area contributed by atoms with Gasteiger partial charge in [0.15, 0.2) is 6.10 Å². The van der Waals surface area contributed by atoms with Gasteiger partial charge in [0, 0.05) is 5.02 Å². The summed E-state index contributed by atoms with van der Waals surface area (Å²) in [5.74, 6) is 0.419. The van der Waals surface area contributed by atoms with Gasteiger partial charge in [0.25, 0.3) is 0 Å². The molecule has 0 bridgehead atoms. The van der Waals surface area contributed by atoms with E-state index in [0.29, 0.717) is 21.5 Å². The molecule has 2 aromatic carbocycles. The molecule has 0 radical (unpaired) electrons. The largest absolute Gasteiger partial charge is 0.477 e. The highest BCUT2D eigenvalue weighted by atomic mass is 35.5. The van der Waals surface area contributed by atoms with E-state index < -0.39 is 12.1 Å². The number of ether oxygens (including phenoxy) is 2. The van der Waals surface area contributed by atoms with Crippen LogP contribution >= 0.6 is 23.2 Å². The van der Waals surface area contributed by atoms with Crippen LogP contribution in [0.2, 0.25) is 10.0 Å². The first-order chi connectivity index (χ1) is 10.4. The second kappa shape index (κ2) is 7.03. The molecule has 116 valence electrons. The van der Waals surface area contributed by atoms with Gasteiger partial charge in [0.05, 0.1) is 5.02 Å². The van der Waals surface area contributed by atoms with Crippen molar-refractivity contribution >= 4 is 29.2 Å². The van der Waals surface area contributed by atoms with Gasteiger partial charge in [0.1, 0.15) is 11.5 Å². The first-order valence-electron chi connectivity index (χ1n) is 6.77. The van der Waals surface area contributed by atoms with Crippen LogP contribution in [0.1, 0.15) is 18.1 Å². The normalized spacial score (nSPS) is 11.9. The second-order valence-electron chi connectivity index (χ2n) is 5.02. The van der Waals surface area contributed by atoms with Crippen molar-refractivity contribution in [3.63, 3.8) is 0 Å². The lowest BCUT2D eigenvalue weighted by Crippen LogP contribution is -2.28. The van der Waals surface area contributed by atoms with Crippen molar-refractivity contribution in [2.45, 2.75) is 26.9 Å². The van der Waals surface area contributed by atoms with Crippen LogP contribution in [-0.4, -0.2) is 12.1 Å². The lowest BCUT2D eigenvalue weighted by molar-refractivity contribution is -0.141. The van der Waals surface area contributed by atoms with E-state index in [9.17, 15) is 4.79 Å². The Bertz CT molecular complexity index is 698. The van der Waals surface area contributed by atoms with E-state index in [1.165, 1.54) is 0 Å². The first kappa shape index (κ1) is 16.7. The van der Waals surface area contributed by atoms with E-state index in [1.54, 1.807) is 31.2 Å². The van der Waals surface area contributed by atoms with Crippen molar-refractivity contribution in [3.8, 4) is 11.5 Å². The number of hydrogen-bond acceptors (Lipinski definition) is 3. The second-order valence-corrected chi connectivity index (χ2v) is 5.87. The summed E-state index contributed by atoms with van der Waals surface area (Å²) in [4.78, 5) is 12.1. The molecule has 0 aliphatic carbocycles. The molecule has 0 aromatic heterocycles. The molecule has 0 fully saturated rings. The maximum absolute atomic E-state index is 12.1. The zero-order valence-electron chi connectivity index (χ0n) is 12.5. The topological polar surface area (TPSA) is 35.5 Å². The van der Waals surface area contributed by atoms with Gasteiger partial charge in [-0.1, -0.05) is 40.9 Å². The molecule has 0 unspecified atom stereocenters. The maximum atomic E-state index is 12.1. The van der Waals surface area contributed by atoms with Crippen molar-refractivity contribution in [2.75, 3.05) is 0 Å². The standard InChI is InChI=1S/C17H16Cl2O3/c1-10-4-6-15(11(2)8-10)22-17(20)12(3)21-16-7-5-13(18)9-14(16)19/h4-9,12H,1-3H3/t12-/m1/s1. The Morgan fingerprint density at radius 2 is 1.73 bits per heavy atom. The minimum Gasteiger partial charge on any atom is -0.477 e. The van der Waals surface area contributed by atoms with Crippen molar-refractivity contribution < 1.29 is 14.3 Å². The van der Waals surface area contributed by atoms with Crippen LogP contribution in [0.5, 0.6) is 11.5 Å². The third-order valence-corrected chi connectivity index (χ3v) is 3.60. The summed E-state index contributed by atoms with van der Waals surface area (Å²) < 4.78 is 10.9. The summed E-state index contributed by atoms with van der Waals surface area (Å²) in [6.07, 6.45) is -0.792. The van der Waals surface area contributed by atoms with Crippen LogP contribution in [0, 0.1) is 13.8 Å². The van der Waals surface area contributed by atoms with Crippen LogP contribution in [-0.2, 0) is 4.79 Å². The van der Waals surface area contributed by atoms with Crippen molar-refractivity contribution in [1.29, 1.82) is 0 Å². The molecule has 2 aromatic rings. The molecule has 0 aliphatic rings. The van der Waals surface area contributed by atoms with Gasteiger partial charge in [-0.3, -0.25) is 0 Å². The lowest BCUT2D eigenvalue weighted by atomic mass is 10.1. The molecule has 0 saturated carbocycles. The Morgan fingerprint density at radius 1 is 1.05 bits per heavy atom. The third kappa shape index (κ3) is 4.15. The van der Waals surface area contributed by atoms with Gasteiger partial charge < -0.3 is 9.47 Å². The van der Waals surface area contributed by atoms with E-state index in [4.69, 9.17) is 32.7 Å². The first-order valence-corrected chi connectivity index (χ1v) is 7.53. The molecular formula is C17H16Cl2O3. The Balaban J connectivity index is 2.05. The highest BCUT2D eigenvalue weighted by molar-refractivity contribution is 6.35. The van der Waals surface area contributed by atoms with Gasteiger partial charge in [0.2, 0.25) is 0 Å². The summed E-state index contributed by atoms with van der Waals surface area (Å²) in [7, 11) is 0. The highest BCUT2D eigenvalue weighted by Gasteiger charge is 2.19. The van der Waals surface area contributed by atoms with Gasteiger partial charge in [-0.25, -0.2) is 4.79 Å². The quantitative estimate of drug-likeness (QED) is 0.582. The van der Waals surface area contributed by atoms with Crippen LogP contribution in [0.15, 0.2) is 36.4 Å². The number of benzene rings is 2. The molecule has 2 rings (SSSR count). The molecule has 1 atom stereocenters. The van der Waals surface area contributed by atoms with Crippen LogP contribution in [0.4, 0.5) is 0 Å². The fraction of sp³-hybridized carbons (Fsp3) is 0.235. The van der Waals surface area contributed by atoms with Crippen molar-refractivity contribution in [3.05, 3.63) is 57.6 Å². The molecule has 0 aliphatic heterocycles. The van der Waals surface area contributed by atoms with E-state index in [0.717, 1.165) is 11.1 Å². The molecule has 0 saturated heterocycles. The van der Waals surface area contributed by atoms with Crippen LogP contribution in [0.25, 0.3) is 0 Å². The zero-order chi connectivity index (χ0) is 16.3. The average Bonchev–Trinajstić information content (AvgIpc) is 2.44. The number of hydrogen-bond donors (Lipinski definition) is 0. The molecule has 0 N–H and O–H groups in total. The summed E-state index contributed by atoms with van der Waals surface area (Å²) in [6.45, 7) is 5.47. The smallest absolute Gasteiger partial charge is 0.352 e. The third-order valence-electron chi connectivity index (χ3n) is 3.07. The molecule has 3 nitrogen and oxygen atoms in total. The lowest BCUT2D eigenvalue weighted by Gasteiger charge is -2.16. The summed E-state index contributed by atoms with van der Waals surface area (Å²) in [6, 6.07) is 10.4. The molecule has 0 spiro atoms.